The molecule has 1 atom stereocenters. The van der Waals surface area contributed by atoms with E-state index in [1.54, 1.807) is 35.0 Å². The lowest BCUT2D eigenvalue weighted by atomic mass is 9.77. The Morgan fingerprint density at radius 2 is 2.12 bits per heavy atom. The first-order valence-electron chi connectivity index (χ1n) is 8.27. The lowest BCUT2D eigenvalue weighted by Gasteiger charge is -2.35. The van der Waals surface area contributed by atoms with Gasteiger partial charge in [-0.3, -0.25) is 4.68 Å². The second kappa shape index (κ2) is 7.03. The van der Waals surface area contributed by atoms with Gasteiger partial charge < -0.3 is 10.2 Å². The number of rotatable bonds is 5. The number of nitrogens with one attached hydrogen (secondary N) is 1. The Balaban J connectivity index is 1.67. The fraction of sp³-hybridized carbons (Fsp3) is 0.444. The van der Waals surface area contributed by atoms with E-state index >= 15 is 0 Å². The van der Waals surface area contributed by atoms with E-state index in [9.17, 15) is 9.18 Å². The predicted octanol–water partition coefficient (Wildman–Crippen LogP) is 3.24. The van der Waals surface area contributed by atoms with Gasteiger partial charge in [0, 0.05) is 25.9 Å². The molecule has 6 heteroatoms. The van der Waals surface area contributed by atoms with E-state index in [1.807, 2.05) is 13.2 Å². The number of nitrogens with zero attached hydrogens (tertiary/aromatic N) is 3. The highest BCUT2D eigenvalue weighted by Crippen LogP contribution is 2.37. The maximum atomic E-state index is 13.2. The van der Waals surface area contributed by atoms with Gasteiger partial charge in [-0.15, -0.1) is 0 Å². The molecule has 128 valence electrons. The third kappa shape index (κ3) is 3.75. The number of aromatic nitrogens is 2. The first-order chi connectivity index (χ1) is 11.5. The summed E-state index contributed by atoms with van der Waals surface area (Å²) in [6, 6.07) is 6.24. The average molecular weight is 330 g/mol. The number of hydrogen-bond donors (Lipinski definition) is 1. The van der Waals surface area contributed by atoms with Crippen LogP contribution in [0, 0.1) is 11.7 Å². The van der Waals surface area contributed by atoms with E-state index in [-0.39, 0.29) is 17.9 Å². The van der Waals surface area contributed by atoms with Gasteiger partial charge in [0.15, 0.2) is 0 Å². The van der Waals surface area contributed by atoms with E-state index in [4.69, 9.17) is 0 Å². The summed E-state index contributed by atoms with van der Waals surface area (Å²) in [4.78, 5) is 14.2. The third-order valence-corrected chi connectivity index (χ3v) is 4.65. The number of halogens is 1. The summed E-state index contributed by atoms with van der Waals surface area (Å²) in [6.07, 6.45) is 7.02. The Bertz CT molecular complexity index is 693. The minimum atomic E-state index is -0.258. The average Bonchev–Trinajstić information content (AvgIpc) is 2.90. The number of aryl methyl sites for hydroxylation is 1. The molecule has 0 aliphatic heterocycles. The van der Waals surface area contributed by atoms with Crippen LogP contribution in [0.1, 0.15) is 36.4 Å². The van der Waals surface area contributed by atoms with Crippen molar-refractivity contribution in [2.45, 2.75) is 31.8 Å². The van der Waals surface area contributed by atoms with Crippen LogP contribution in [0.4, 0.5) is 9.18 Å². The maximum Gasteiger partial charge on any atom is 0.317 e. The third-order valence-electron chi connectivity index (χ3n) is 4.65. The van der Waals surface area contributed by atoms with Crippen molar-refractivity contribution in [1.29, 1.82) is 0 Å². The quantitative estimate of drug-likeness (QED) is 0.915. The fourth-order valence-electron chi connectivity index (χ4n) is 3.06. The number of amides is 2. The van der Waals surface area contributed by atoms with Crippen LogP contribution in [0.2, 0.25) is 0 Å². The Morgan fingerprint density at radius 3 is 2.67 bits per heavy atom. The number of carbonyl (C=O) groups excluding carboxylic acids is 1. The molecule has 3 rings (SSSR count). The molecule has 1 saturated carbocycles. The normalized spacial score (nSPS) is 15.6. The molecule has 0 bridgehead atoms. The van der Waals surface area contributed by atoms with Gasteiger partial charge in [0.1, 0.15) is 5.82 Å². The molecule has 0 radical (unpaired) electrons. The van der Waals surface area contributed by atoms with Crippen molar-refractivity contribution in [2.75, 3.05) is 7.05 Å². The van der Waals surface area contributed by atoms with Gasteiger partial charge in [0.25, 0.3) is 0 Å². The van der Waals surface area contributed by atoms with Crippen LogP contribution in [0.25, 0.3) is 0 Å². The summed E-state index contributed by atoms with van der Waals surface area (Å²) >= 11 is 0. The summed E-state index contributed by atoms with van der Waals surface area (Å²) in [5, 5.41) is 7.24. The van der Waals surface area contributed by atoms with E-state index in [0.29, 0.717) is 12.5 Å². The van der Waals surface area contributed by atoms with Crippen LogP contribution in [0.5, 0.6) is 0 Å². The molecule has 1 aromatic carbocycles. The summed E-state index contributed by atoms with van der Waals surface area (Å²) in [5.41, 5.74) is 1.95. The van der Waals surface area contributed by atoms with Crippen LogP contribution in [0.3, 0.4) is 0 Å². The largest absolute Gasteiger partial charge is 0.331 e. The van der Waals surface area contributed by atoms with Crippen molar-refractivity contribution >= 4 is 6.03 Å². The maximum absolute atomic E-state index is 13.2. The van der Waals surface area contributed by atoms with Crippen molar-refractivity contribution in [3.8, 4) is 0 Å². The van der Waals surface area contributed by atoms with Crippen LogP contribution >= 0.6 is 0 Å². The van der Waals surface area contributed by atoms with Gasteiger partial charge in [-0.1, -0.05) is 18.6 Å². The first kappa shape index (κ1) is 16.5. The molecular weight excluding hydrogens is 307 g/mol. The molecule has 1 N–H and O–H groups in total. The molecule has 1 heterocycles. The van der Waals surface area contributed by atoms with Crippen LogP contribution in [-0.4, -0.2) is 27.8 Å². The number of urea groups is 1. The van der Waals surface area contributed by atoms with Gasteiger partial charge >= 0.3 is 6.03 Å². The first-order valence-corrected chi connectivity index (χ1v) is 8.27. The van der Waals surface area contributed by atoms with Gasteiger partial charge in [0.2, 0.25) is 0 Å². The minimum absolute atomic E-state index is 0.0665. The standard InChI is InChI=1S/C18H23FN4O/c1-22(11-13-10-20-23(2)12-13)18(24)21-17(14-4-3-5-14)15-6-8-16(19)9-7-15/h6-10,12,14,17H,3-5,11H2,1-2H3,(H,21,24)/t17-/m0/s1. The zero-order chi connectivity index (χ0) is 17.1. The predicted molar refractivity (Wildman–Crippen MR) is 89.7 cm³/mol. The molecule has 0 unspecified atom stereocenters. The summed E-state index contributed by atoms with van der Waals surface area (Å²) in [6.45, 7) is 0.500. The van der Waals surface area contributed by atoms with Gasteiger partial charge in [-0.2, -0.15) is 5.10 Å². The topological polar surface area (TPSA) is 50.2 Å². The highest BCUT2D eigenvalue weighted by Gasteiger charge is 2.30. The molecule has 1 aliphatic rings. The molecular formula is C18H23FN4O. The van der Waals surface area contributed by atoms with Gasteiger partial charge in [-0.05, 0) is 36.5 Å². The van der Waals surface area contributed by atoms with E-state index in [2.05, 4.69) is 10.4 Å². The summed E-state index contributed by atoms with van der Waals surface area (Å²) in [7, 11) is 3.62. The van der Waals surface area contributed by atoms with Gasteiger partial charge in [0.05, 0.1) is 18.8 Å². The Hall–Kier alpha value is -2.37. The molecule has 24 heavy (non-hydrogen) atoms. The summed E-state index contributed by atoms with van der Waals surface area (Å²) in [5.74, 6) is 0.164. The fourth-order valence-corrected chi connectivity index (χ4v) is 3.06. The molecule has 5 nitrogen and oxygen atoms in total. The Labute approximate surface area is 141 Å². The Kier molecular flexibility index (Phi) is 4.83. The van der Waals surface area contributed by atoms with Crippen LogP contribution in [-0.2, 0) is 13.6 Å². The van der Waals surface area contributed by atoms with Crippen LogP contribution < -0.4 is 5.32 Å². The number of hydrogen-bond acceptors (Lipinski definition) is 2. The van der Waals surface area contributed by atoms with E-state index < -0.39 is 0 Å². The molecule has 1 fully saturated rings. The van der Waals surface area contributed by atoms with Crippen molar-refractivity contribution in [3.63, 3.8) is 0 Å². The number of benzene rings is 1. The summed E-state index contributed by atoms with van der Waals surface area (Å²) < 4.78 is 14.9. The van der Waals surface area contributed by atoms with Crippen molar-refractivity contribution in [1.82, 2.24) is 20.0 Å². The SMILES string of the molecule is CN(Cc1cnn(C)c1)C(=O)N[C@H](c1ccc(F)cc1)C1CCC1. The van der Waals surface area contributed by atoms with Crippen molar-refractivity contribution in [3.05, 3.63) is 53.6 Å². The van der Waals surface area contributed by atoms with E-state index in [1.165, 1.54) is 18.6 Å². The zero-order valence-electron chi connectivity index (χ0n) is 14.1. The molecule has 2 amide bonds. The van der Waals surface area contributed by atoms with E-state index in [0.717, 1.165) is 24.0 Å². The monoisotopic (exact) mass is 330 g/mol. The minimum Gasteiger partial charge on any atom is -0.331 e. The molecule has 0 spiro atoms. The second-order valence-corrected chi connectivity index (χ2v) is 6.55. The lowest BCUT2D eigenvalue weighted by molar-refractivity contribution is 0.182. The highest BCUT2D eigenvalue weighted by atomic mass is 19.1. The van der Waals surface area contributed by atoms with Crippen LogP contribution in [0.15, 0.2) is 36.7 Å². The van der Waals surface area contributed by atoms with Crippen molar-refractivity contribution < 1.29 is 9.18 Å². The lowest BCUT2D eigenvalue weighted by Crippen LogP contribution is -2.42. The smallest absolute Gasteiger partial charge is 0.317 e. The van der Waals surface area contributed by atoms with Gasteiger partial charge in [-0.25, -0.2) is 9.18 Å². The van der Waals surface area contributed by atoms with Crippen molar-refractivity contribution in [2.24, 2.45) is 13.0 Å². The molecule has 1 aliphatic carbocycles. The molecule has 2 aromatic rings. The molecule has 1 aromatic heterocycles. The highest BCUT2D eigenvalue weighted by molar-refractivity contribution is 5.74. The number of carbonyl (C=O) groups is 1. The molecule has 0 saturated heterocycles. The second-order valence-electron chi connectivity index (χ2n) is 6.55. The zero-order valence-corrected chi connectivity index (χ0v) is 14.1. The Morgan fingerprint density at radius 1 is 1.42 bits per heavy atom.